The van der Waals surface area contributed by atoms with Crippen LogP contribution in [0.5, 0.6) is 0 Å². The van der Waals surface area contributed by atoms with Crippen LogP contribution in [0, 0.1) is 6.92 Å². The first kappa shape index (κ1) is 10.8. The molecule has 18 heavy (non-hydrogen) atoms. The molecule has 0 fully saturated rings. The van der Waals surface area contributed by atoms with Crippen LogP contribution in [0.15, 0.2) is 41.2 Å². The van der Waals surface area contributed by atoms with Gasteiger partial charge in [-0.1, -0.05) is 30.3 Å². The smallest absolute Gasteiger partial charge is 0.270 e. The van der Waals surface area contributed by atoms with Crippen LogP contribution in [-0.2, 0) is 7.05 Å². The molecule has 4 nitrogen and oxygen atoms in total. The Morgan fingerprint density at radius 1 is 1.22 bits per heavy atom. The summed E-state index contributed by atoms with van der Waals surface area (Å²) in [5, 5.41) is 3.40. The molecular weight excluding hydrogens is 226 g/mol. The van der Waals surface area contributed by atoms with Crippen LogP contribution < -0.4 is 5.56 Å². The van der Waals surface area contributed by atoms with E-state index in [4.69, 9.17) is 0 Å². The van der Waals surface area contributed by atoms with Crippen molar-refractivity contribution in [2.45, 2.75) is 6.92 Å². The number of pyridine rings is 1. The Bertz CT molecular complexity index is 769. The molecule has 0 radical (unpaired) electrons. The zero-order valence-electron chi connectivity index (χ0n) is 10.3. The summed E-state index contributed by atoms with van der Waals surface area (Å²) >= 11 is 0. The maximum atomic E-state index is 11.8. The van der Waals surface area contributed by atoms with E-state index in [1.54, 1.807) is 11.7 Å². The number of benzene rings is 1. The Morgan fingerprint density at radius 3 is 2.67 bits per heavy atom. The molecule has 0 saturated carbocycles. The van der Waals surface area contributed by atoms with Crippen molar-refractivity contribution >= 4 is 11.0 Å². The molecule has 3 rings (SSSR count). The van der Waals surface area contributed by atoms with Gasteiger partial charge in [0.1, 0.15) is 0 Å². The first-order valence-corrected chi connectivity index (χ1v) is 5.78. The highest BCUT2D eigenvalue weighted by atomic mass is 16.1. The van der Waals surface area contributed by atoms with Gasteiger partial charge in [0, 0.05) is 12.6 Å². The summed E-state index contributed by atoms with van der Waals surface area (Å²) < 4.78 is 1.66. The van der Waals surface area contributed by atoms with Crippen LogP contribution in [0.4, 0.5) is 0 Å². The average molecular weight is 239 g/mol. The number of nitrogens with zero attached hydrogens (tertiary/aromatic N) is 2. The number of hydrogen-bond acceptors (Lipinski definition) is 2. The maximum absolute atomic E-state index is 11.8. The Morgan fingerprint density at radius 2 is 1.94 bits per heavy atom. The normalized spacial score (nSPS) is 11.0. The molecule has 0 saturated heterocycles. The van der Waals surface area contributed by atoms with E-state index in [1.807, 2.05) is 43.3 Å². The summed E-state index contributed by atoms with van der Waals surface area (Å²) in [6, 6.07) is 11.9. The van der Waals surface area contributed by atoms with Crippen molar-refractivity contribution in [2.75, 3.05) is 0 Å². The highest BCUT2D eigenvalue weighted by Crippen LogP contribution is 2.21. The van der Waals surface area contributed by atoms with E-state index >= 15 is 0 Å². The van der Waals surface area contributed by atoms with Gasteiger partial charge >= 0.3 is 0 Å². The molecule has 0 unspecified atom stereocenters. The van der Waals surface area contributed by atoms with Crippen molar-refractivity contribution in [1.29, 1.82) is 0 Å². The largest absolute Gasteiger partial charge is 0.273 e. The molecule has 1 N–H and O–H groups in total. The molecule has 0 atom stereocenters. The number of H-pyrrole nitrogens is 1. The monoisotopic (exact) mass is 239 g/mol. The molecule has 3 aromatic rings. The summed E-state index contributed by atoms with van der Waals surface area (Å²) in [4.78, 5) is 16.3. The third-order valence-corrected chi connectivity index (χ3v) is 3.08. The third-order valence-electron chi connectivity index (χ3n) is 3.08. The van der Waals surface area contributed by atoms with Crippen molar-refractivity contribution in [1.82, 2.24) is 14.8 Å². The zero-order chi connectivity index (χ0) is 12.7. The average Bonchev–Trinajstić information content (AvgIpc) is 2.66. The van der Waals surface area contributed by atoms with E-state index in [-0.39, 0.29) is 5.56 Å². The second-order valence-corrected chi connectivity index (χ2v) is 4.39. The Labute approximate surface area is 104 Å². The van der Waals surface area contributed by atoms with Gasteiger partial charge in [0.25, 0.3) is 5.56 Å². The van der Waals surface area contributed by atoms with Gasteiger partial charge in [0.15, 0.2) is 5.65 Å². The summed E-state index contributed by atoms with van der Waals surface area (Å²) in [7, 11) is 1.80. The SMILES string of the molecule is Cc1cc(-c2ccccc2)nc2c1c(=O)[nH]n2C. The highest BCUT2D eigenvalue weighted by molar-refractivity contribution is 5.81. The summed E-state index contributed by atoms with van der Waals surface area (Å²) in [6.45, 7) is 1.94. The first-order valence-electron chi connectivity index (χ1n) is 5.78. The lowest BCUT2D eigenvalue weighted by molar-refractivity contribution is 0.774. The molecule has 0 bridgehead atoms. The Hall–Kier alpha value is -2.36. The van der Waals surface area contributed by atoms with Crippen LogP contribution in [0.3, 0.4) is 0 Å². The van der Waals surface area contributed by atoms with Crippen molar-refractivity contribution in [3.8, 4) is 11.3 Å². The minimum Gasteiger partial charge on any atom is -0.270 e. The molecule has 4 heteroatoms. The van der Waals surface area contributed by atoms with Crippen LogP contribution in [-0.4, -0.2) is 14.8 Å². The Kier molecular flexibility index (Phi) is 2.30. The quantitative estimate of drug-likeness (QED) is 0.708. The van der Waals surface area contributed by atoms with E-state index < -0.39 is 0 Å². The van der Waals surface area contributed by atoms with E-state index in [9.17, 15) is 4.79 Å². The lowest BCUT2D eigenvalue weighted by Gasteiger charge is -2.04. The van der Waals surface area contributed by atoms with Gasteiger partial charge in [-0.05, 0) is 18.6 Å². The highest BCUT2D eigenvalue weighted by Gasteiger charge is 2.11. The third kappa shape index (κ3) is 1.54. The van der Waals surface area contributed by atoms with Crippen LogP contribution in [0.2, 0.25) is 0 Å². The number of aromatic amines is 1. The maximum Gasteiger partial charge on any atom is 0.273 e. The predicted molar refractivity (Wildman–Crippen MR) is 71.5 cm³/mol. The van der Waals surface area contributed by atoms with Gasteiger partial charge in [-0.15, -0.1) is 0 Å². The molecule has 0 spiro atoms. The Balaban J connectivity index is 2.34. The topological polar surface area (TPSA) is 50.7 Å². The predicted octanol–water partition coefficient (Wildman–Crippen LogP) is 2.24. The fraction of sp³-hybridized carbons (Fsp3) is 0.143. The molecule has 0 aliphatic rings. The van der Waals surface area contributed by atoms with E-state index in [2.05, 4.69) is 10.1 Å². The van der Waals surface area contributed by atoms with E-state index in [0.717, 1.165) is 16.8 Å². The van der Waals surface area contributed by atoms with Crippen LogP contribution in [0.1, 0.15) is 5.56 Å². The molecule has 0 aliphatic carbocycles. The van der Waals surface area contributed by atoms with Crippen molar-refractivity contribution in [2.24, 2.45) is 7.05 Å². The molecule has 2 heterocycles. The summed E-state index contributed by atoms with van der Waals surface area (Å²) in [6.07, 6.45) is 0. The van der Waals surface area contributed by atoms with Gasteiger partial charge in [0.05, 0.1) is 11.1 Å². The molecular formula is C14H13N3O. The minimum absolute atomic E-state index is 0.0860. The lowest BCUT2D eigenvalue weighted by Crippen LogP contribution is -2.02. The van der Waals surface area contributed by atoms with Crippen molar-refractivity contribution < 1.29 is 0 Å². The van der Waals surface area contributed by atoms with Crippen LogP contribution >= 0.6 is 0 Å². The van der Waals surface area contributed by atoms with Crippen molar-refractivity contribution in [3.63, 3.8) is 0 Å². The number of aryl methyl sites for hydroxylation is 2. The number of fused-ring (bicyclic) bond motifs is 1. The van der Waals surface area contributed by atoms with Gasteiger partial charge in [0.2, 0.25) is 0 Å². The summed E-state index contributed by atoms with van der Waals surface area (Å²) in [5.41, 5.74) is 3.49. The minimum atomic E-state index is -0.0860. The number of nitrogens with one attached hydrogen (secondary N) is 1. The molecule has 90 valence electrons. The van der Waals surface area contributed by atoms with Crippen molar-refractivity contribution in [3.05, 3.63) is 52.3 Å². The zero-order valence-corrected chi connectivity index (χ0v) is 10.3. The lowest BCUT2D eigenvalue weighted by atomic mass is 10.1. The van der Waals surface area contributed by atoms with Gasteiger partial charge < -0.3 is 0 Å². The van der Waals surface area contributed by atoms with E-state index in [0.29, 0.717) is 11.0 Å². The number of rotatable bonds is 1. The fourth-order valence-corrected chi connectivity index (χ4v) is 2.20. The van der Waals surface area contributed by atoms with Gasteiger partial charge in [-0.2, -0.15) is 0 Å². The van der Waals surface area contributed by atoms with E-state index in [1.165, 1.54) is 0 Å². The number of hydrogen-bond donors (Lipinski definition) is 1. The van der Waals surface area contributed by atoms with Crippen LogP contribution in [0.25, 0.3) is 22.3 Å². The second kappa shape index (κ2) is 3.84. The fourth-order valence-electron chi connectivity index (χ4n) is 2.20. The van der Waals surface area contributed by atoms with Gasteiger partial charge in [-0.25, -0.2) is 4.98 Å². The second-order valence-electron chi connectivity index (χ2n) is 4.39. The standard InChI is InChI=1S/C14H13N3O/c1-9-8-11(10-6-4-3-5-7-10)15-13-12(9)14(18)16-17(13)2/h3-8H,1-2H3,(H,16,18). The van der Waals surface area contributed by atoms with Gasteiger partial charge in [-0.3, -0.25) is 14.6 Å². The molecule has 1 aromatic carbocycles. The number of aromatic nitrogens is 3. The molecule has 0 aliphatic heterocycles. The molecule has 2 aromatic heterocycles. The molecule has 0 amide bonds. The first-order chi connectivity index (χ1) is 8.66. The summed E-state index contributed by atoms with van der Waals surface area (Å²) in [5.74, 6) is 0.